The Labute approximate surface area is 124 Å². The minimum absolute atomic E-state index is 0.139. The Kier molecular flexibility index (Phi) is 3.56. The van der Waals surface area contributed by atoms with Gasteiger partial charge in [-0.1, -0.05) is 46.3 Å². The largest absolute Gasteiger partial charge is 0.487 e. The Morgan fingerprint density at radius 2 is 1.80 bits per heavy atom. The molecule has 3 nitrogen and oxygen atoms in total. The summed E-state index contributed by atoms with van der Waals surface area (Å²) in [6, 6.07) is 17.0. The Balaban J connectivity index is 1.97. The van der Waals surface area contributed by atoms with E-state index in [4.69, 9.17) is 4.74 Å². The summed E-state index contributed by atoms with van der Waals surface area (Å²) in [5.41, 5.74) is 1.66. The maximum Gasteiger partial charge on any atom is 0.248 e. The molecule has 0 bridgehead atoms. The lowest BCUT2D eigenvalue weighted by molar-refractivity contribution is 0.309. The van der Waals surface area contributed by atoms with Crippen LogP contribution in [0.25, 0.3) is 10.9 Å². The molecule has 1 N–H and O–H groups in total. The highest BCUT2D eigenvalue weighted by Crippen LogP contribution is 2.29. The third-order valence-corrected chi connectivity index (χ3v) is 3.73. The summed E-state index contributed by atoms with van der Waals surface area (Å²) in [6.07, 6.45) is 0. The summed E-state index contributed by atoms with van der Waals surface area (Å²) in [6.45, 7) is 0.467. The summed E-state index contributed by atoms with van der Waals surface area (Å²) in [5.74, 6) is 0.671. The number of pyridine rings is 1. The number of nitrogens with one attached hydrogen (secondary N) is 1. The van der Waals surface area contributed by atoms with Crippen molar-refractivity contribution in [2.24, 2.45) is 0 Å². The minimum atomic E-state index is -0.139. The Morgan fingerprint density at radius 1 is 1.00 bits per heavy atom. The molecule has 0 aliphatic heterocycles. The number of H-pyrrole nitrogens is 1. The average Bonchev–Trinajstić information content (AvgIpc) is 2.47. The molecule has 0 spiro atoms. The van der Waals surface area contributed by atoms with Gasteiger partial charge in [-0.15, -0.1) is 0 Å². The lowest BCUT2D eigenvalue weighted by Gasteiger charge is -2.10. The van der Waals surface area contributed by atoms with Crippen LogP contribution in [0.4, 0.5) is 0 Å². The van der Waals surface area contributed by atoms with Crippen molar-refractivity contribution in [1.82, 2.24) is 4.98 Å². The van der Waals surface area contributed by atoms with E-state index in [1.54, 1.807) is 6.07 Å². The molecule has 3 aromatic rings. The number of aromatic amines is 1. The predicted molar refractivity (Wildman–Crippen MR) is 83.0 cm³/mol. The normalized spacial score (nSPS) is 10.7. The van der Waals surface area contributed by atoms with Crippen LogP contribution < -0.4 is 10.3 Å². The molecular weight excluding hydrogens is 318 g/mol. The fourth-order valence-electron chi connectivity index (χ4n) is 2.05. The summed E-state index contributed by atoms with van der Waals surface area (Å²) < 4.78 is 6.75. The van der Waals surface area contributed by atoms with Crippen LogP contribution in [0, 0.1) is 0 Å². The average molecular weight is 330 g/mol. The molecule has 0 radical (unpaired) electrons. The molecule has 0 saturated heterocycles. The predicted octanol–water partition coefficient (Wildman–Crippen LogP) is 3.87. The number of fused-ring (bicyclic) bond motifs is 1. The van der Waals surface area contributed by atoms with Gasteiger partial charge < -0.3 is 9.72 Å². The molecule has 20 heavy (non-hydrogen) atoms. The van der Waals surface area contributed by atoms with E-state index in [1.807, 2.05) is 42.5 Å². The molecular formula is C16H12BrNO2. The highest BCUT2D eigenvalue weighted by atomic mass is 79.9. The molecule has 3 rings (SSSR count). The van der Waals surface area contributed by atoms with Gasteiger partial charge in [-0.05, 0) is 23.8 Å². The summed E-state index contributed by atoms with van der Waals surface area (Å²) in [7, 11) is 0. The van der Waals surface area contributed by atoms with E-state index in [1.165, 1.54) is 6.07 Å². The number of hydrogen-bond acceptors (Lipinski definition) is 2. The van der Waals surface area contributed by atoms with Crippen LogP contribution >= 0.6 is 15.9 Å². The zero-order valence-corrected chi connectivity index (χ0v) is 12.2. The molecule has 0 aliphatic carbocycles. The van der Waals surface area contributed by atoms with Crippen molar-refractivity contribution >= 4 is 26.8 Å². The number of hydrogen-bond donors (Lipinski definition) is 1. The van der Waals surface area contributed by atoms with Gasteiger partial charge in [-0.2, -0.15) is 0 Å². The van der Waals surface area contributed by atoms with Crippen LogP contribution in [0.3, 0.4) is 0 Å². The first-order chi connectivity index (χ1) is 9.74. The van der Waals surface area contributed by atoms with Gasteiger partial charge in [0, 0.05) is 15.9 Å². The Hall–Kier alpha value is -2.07. The van der Waals surface area contributed by atoms with Crippen molar-refractivity contribution in [3.05, 3.63) is 75.0 Å². The smallest absolute Gasteiger partial charge is 0.248 e. The van der Waals surface area contributed by atoms with Gasteiger partial charge in [0.2, 0.25) is 5.56 Å². The zero-order valence-electron chi connectivity index (χ0n) is 10.6. The second kappa shape index (κ2) is 5.51. The first-order valence-electron chi connectivity index (χ1n) is 6.22. The molecule has 2 aromatic carbocycles. The number of ether oxygens (including phenoxy) is 1. The molecule has 1 aromatic heterocycles. The van der Waals surface area contributed by atoms with Crippen molar-refractivity contribution in [2.75, 3.05) is 0 Å². The molecule has 100 valence electrons. The van der Waals surface area contributed by atoms with Crippen molar-refractivity contribution in [3.8, 4) is 5.75 Å². The van der Waals surface area contributed by atoms with Crippen LogP contribution in [0.15, 0.2) is 63.9 Å². The topological polar surface area (TPSA) is 42.1 Å². The van der Waals surface area contributed by atoms with Crippen LogP contribution in [0.2, 0.25) is 0 Å². The number of benzene rings is 2. The first kappa shape index (κ1) is 12.9. The monoisotopic (exact) mass is 329 g/mol. The van der Waals surface area contributed by atoms with Gasteiger partial charge in [-0.25, -0.2) is 0 Å². The summed E-state index contributed by atoms with van der Waals surface area (Å²) >= 11 is 3.47. The van der Waals surface area contributed by atoms with E-state index in [0.29, 0.717) is 17.9 Å². The van der Waals surface area contributed by atoms with Crippen LogP contribution in [0.1, 0.15) is 5.56 Å². The lowest BCUT2D eigenvalue weighted by atomic mass is 10.2. The highest BCUT2D eigenvalue weighted by Gasteiger charge is 2.06. The second-order valence-electron chi connectivity index (χ2n) is 4.43. The minimum Gasteiger partial charge on any atom is -0.487 e. The fraction of sp³-hybridized carbons (Fsp3) is 0.0625. The van der Waals surface area contributed by atoms with Gasteiger partial charge in [0.1, 0.15) is 12.4 Å². The van der Waals surface area contributed by atoms with Crippen molar-refractivity contribution in [1.29, 1.82) is 0 Å². The molecule has 0 fully saturated rings. The fourth-order valence-corrected chi connectivity index (χ4v) is 2.51. The zero-order chi connectivity index (χ0) is 13.9. The maximum atomic E-state index is 11.5. The molecule has 0 unspecified atom stereocenters. The van der Waals surface area contributed by atoms with Gasteiger partial charge in [0.25, 0.3) is 0 Å². The molecule has 1 heterocycles. The molecule has 0 amide bonds. The molecule has 0 atom stereocenters. The van der Waals surface area contributed by atoms with Crippen molar-refractivity contribution in [3.63, 3.8) is 0 Å². The Morgan fingerprint density at radius 3 is 2.60 bits per heavy atom. The maximum absolute atomic E-state index is 11.5. The van der Waals surface area contributed by atoms with Crippen LogP contribution in [0.5, 0.6) is 5.75 Å². The van der Waals surface area contributed by atoms with Crippen LogP contribution in [-0.4, -0.2) is 4.98 Å². The highest BCUT2D eigenvalue weighted by molar-refractivity contribution is 9.10. The lowest BCUT2D eigenvalue weighted by Crippen LogP contribution is -2.04. The quantitative estimate of drug-likeness (QED) is 0.792. The third kappa shape index (κ3) is 2.60. The van der Waals surface area contributed by atoms with Gasteiger partial charge >= 0.3 is 0 Å². The number of rotatable bonds is 3. The summed E-state index contributed by atoms with van der Waals surface area (Å²) in [5, 5.41) is 0.926. The van der Waals surface area contributed by atoms with Crippen LogP contribution in [-0.2, 0) is 6.61 Å². The molecule has 0 saturated carbocycles. The number of aromatic nitrogens is 1. The summed E-state index contributed by atoms with van der Waals surface area (Å²) in [4.78, 5) is 14.3. The molecule has 0 aliphatic rings. The van der Waals surface area contributed by atoms with E-state index in [0.717, 1.165) is 15.4 Å². The third-order valence-electron chi connectivity index (χ3n) is 3.04. The van der Waals surface area contributed by atoms with Crippen molar-refractivity contribution < 1.29 is 4.74 Å². The van der Waals surface area contributed by atoms with Gasteiger partial charge in [0.15, 0.2) is 0 Å². The van der Waals surface area contributed by atoms with E-state index in [2.05, 4.69) is 20.9 Å². The van der Waals surface area contributed by atoms with E-state index < -0.39 is 0 Å². The number of halogens is 1. The molecule has 4 heteroatoms. The SMILES string of the molecule is O=c1ccc2c(Br)ccc(OCc3ccccc3)c2[nH]1. The Bertz CT molecular complexity index is 796. The van der Waals surface area contributed by atoms with Gasteiger partial charge in [-0.3, -0.25) is 4.79 Å². The van der Waals surface area contributed by atoms with E-state index >= 15 is 0 Å². The van der Waals surface area contributed by atoms with E-state index in [9.17, 15) is 4.79 Å². The standard InChI is InChI=1S/C16H12BrNO2/c17-13-7-8-14(16-12(13)6-9-15(19)18-16)20-10-11-4-2-1-3-5-11/h1-9H,10H2,(H,18,19). The van der Waals surface area contributed by atoms with Gasteiger partial charge in [0.05, 0.1) is 5.52 Å². The van der Waals surface area contributed by atoms with E-state index in [-0.39, 0.29) is 5.56 Å². The van der Waals surface area contributed by atoms with Crippen molar-refractivity contribution in [2.45, 2.75) is 6.61 Å². The first-order valence-corrected chi connectivity index (χ1v) is 7.01. The second-order valence-corrected chi connectivity index (χ2v) is 5.29.